The summed E-state index contributed by atoms with van der Waals surface area (Å²) < 4.78 is 62.1. The van der Waals surface area contributed by atoms with Crippen LogP contribution in [0.5, 0.6) is 0 Å². The summed E-state index contributed by atoms with van der Waals surface area (Å²) >= 11 is 0. The molecule has 0 saturated carbocycles. The van der Waals surface area contributed by atoms with Crippen LogP contribution in [0.1, 0.15) is 35.6 Å². The third-order valence-corrected chi connectivity index (χ3v) is 6.00. The van der Waals surface area contributed by atoms with E-state index in [1.165, 1.54) is 12.1 Å². The molecule has 164 valence electrons. The van der Waals surface area contributed by atoms with Crippen LogP contribution in [-0.2, 0) is 23.1 Å². The maximum Gasteiger partial charge on any atom is 0.419 e. The number of hydrogen-bond acceptors (Lipinski definition) is 5. The Balaban J connectivity index is 1.56. The van der Waals surface area contributed by atoms with Gasteiger partial charge in [0.15, 0.2) is 0 Å². The SMILES string of the molecule is Cc1nc(N[C@H](C)c2cccc(C(F)(F)F)c2F)c2cc3n(c2n1)CCOC31CNC1. The fourth-order valence-electron chi connectivity index (χ4n) is 4.38. The number of anilines is 1. The molecule has 0 bridgehead atoms. The molecule has 2 aliphatic rings. The molecule has 3 aromatic rings. The molecule has 0 unspecified atom stereocenters. The Labute approximate surface area is 175 Å². The molecule has 1 spiro atoms. The van der Waals surface area contributed by atoms with Crippen molar-refractivity contribution in [3.05, 3.63) is 52.7 Å². The number of ether oxygens (including phenoxy) is 1. The lowest BCUT2D eigenvalue weighted by atomic mass is 9.91. The molecule has 2 aromatic heterocycles. The van der Waals surface area contributed by atoms with Crippen molar-refractivity contribution in [2.45, 2.75) is 38.2 Å². The largest absolute Gasteiger partial charge is 0.419 e. The molecule has 6 nitrogen and oxygen atoms in total. The van der Waals surface area contributed by atoms with Gasteiger partial charge in [0.1, 0.15) is 28.7 Å². The molecule has 1 saturated heterocycles. The van der Waals surface area contributed by atoms with Crippen LogP contribution < -0.4 is 10.6 Å². The third kappa shape index (κ3) is 3.16. The van der Waals surface area contributed by atoms with Crippen LogP contribution in [0.2, 0.25) is 0 Å². The van der Waals surface area contributed by atoms with Crippen molar-refractivity contribution in [1.29, 1.82) is 0 Å². The molecule has 10 heteroatoms. The zero-order chi connectivity index (χ0) is 22.0. The van der Waals surface area contributed by atoms with Crippen molar-refractivity contribution in [2.24, 2.45) is 0 Å². The Morgan fingerprint density at radius 3 is 2.71 bits per heavy atom. The zero-order valence-corrected chi connectivity index (χ0v) is 17.0. The first kappa shape index (κ1) is 20.2. The van der Waals surface area contributed by atoms with E-state index in [0.29, 0.717) is 37.9 Å². The maximum absolute atomic E-state index is 14.6. The van der Waals surface area contributed by atoms with Gasteiger partial charge in [0.25, 0.3) is 0 Å². The third-order valence-electron chi connectivity index (χ3n) is 6.00. The van der Waals surface area contributed by atoms with Crippen LogP contribution in [0.15, 0.2) is 24.3 Å². The lowest BCUT2D eigenvalue weighted by Crippen LogP contribution is -2.61. The second-order valence-electron chi connectivity index (χ2n) is 8.06. The highest BCUT2D eigenvalue weighted by atomic mass is 19.4. The van der Waals surface area contributed by atoms with Crippen molar-refractivity contribution in [3.63, 3.8) is 0 Å². The fraction of sp³-hybridized carbons (Fsp3) is 0.429. The van der Waals surface area contributed by atoms with E-state index in [-0.39, 0.29) is 5.56 Å². The lowest BCUT2D eigenvalue weighted by Gasteiger charge is -2.45. The van der Waals surface area contributed by atoms with Crippen LogP contribution in [0.25, 0.3) is 11.0 Å². The predicted octanol–water partition coefficient (Wildman–Crippen LogP) is 3.90. The molecule has 2 N–H and O–H groups in total. The highest BCUT2D eigenvalue weighted by molar-refractivity contribution is 5.89. The summed E-state index contributed by atoms with van der Waals surface area (Å²) in [6.07, 6.45) is -4.76. The Morgan fingerprint density at radius 2 is 2.03 bits per heavy atom. The van der Waals surface area contributed by atoms with E-state index in [0.717, 1.165) is 22.8 Å². The maximum atomic E-state index is 14.6. The molecule has 0 amide bonds. The molecule has 5 rings (SSSR count). The van der Waals surface area contributed by atoms with Gasteiger partial charge in [0, 0.05) is 25.2 Å². The number of nitrogens with one attached hydrogen (secondary N) is 2. The number of alkyl halides is 3. The summed E-state index contributed by atoms with van der Waals surface area (Å²) in [6, 6.07) is 4.52. The van der Waals surface area contributed by atoms with E-state index < -0.39 is 29.2 Å². The van der Waals surface area contributed by atoms with Gasteiger partial charge in [-0.1, -0.05) is 12.1 Å². The van der Waals surface area contributed by atoms with E-state index in [9.17, 15) is 17.6 Å². The van der Waals surface area contributed by atoms with Crippen molar-refractivity contribution in [2.75, 3.05) is 25.0 Å². The van der Waals surface area contributed by atoms with E-state index in [1.54, 1.807) is 13.8 Å². The summed E-state index contributed by atoms with van der Waals surface area (Å²) in [6.45, 7) is 5.97. The van der Waals surface area contributed by atoms with Gasteiger partial charge in [-0.25, -0.2) is 14.4 Å². The minimum atomic E-state index is -4.76. The first-order valence-electron chi connectivity index (χ1n) is 10.0. The number of nitrogens with zero attached hydrogens (tertiary/aromatic N) is 3. The highest BCUT2D eigenvalue weighted by Crippen LogP contribution is 2.39. The van der Waals surface area contributed by atoms with E-state index in [4.69, 9.17) is 4.74 Å². The molecule has 0 radical (unpaired) electrons. The van der Waals surface area contributed by atoms with Crippen molar-refractivity contribution >= 4 is 16.9 Å². The first-order valence-corrected chi connectivity index (χ1v) is 10.0. The van der Waals surface area contributed by atoms with Gasteiger partial charge in [-0.3, -0.25) is 0 Å². The molecule has 1 atom stereocenters. The van der Waals surface area contributed by atoms with Crippen LogP contribution in [-0.4, -0.2) is 34.2 Å². The summed E-state index contributed by atoms with van der Waals surface area (Å²) in [7, 11) is 0. The van der Waals surface area contributed by atoms with Gasteiger partial charge in [-0.05, 0) is 26.0 Å². The van der Waals surface area contributed by atoms with Crippen LogP contribution in [0.3, 0.4) is 0 Å². The van der Waals surface area contributed by atoms with Gasteiger partial charge in [0.05, 0.1) is 29.3 Å². The van der Waals surface area contributed by atoms with Crippen molar-refractivity contribution in [1.82, 2.24) is 19.9 Å². The Morgan fingerprint density at radius 1 is 1.26 bits per heavy atom. The molecular formula is C21H21F4N5O. The molecular weight excluding hydrogens is 414 g/mol. The topological polar surface area (TPSA) is 64.0 Å². The number of hydrogen-bond donors (Lipinski definition) is 2. The standard InChI is InChI=1S/C21H21F4N5O/c1-11(13-4-3-5-15(17(13)22)21(23,24)25)27-18-14-8-16-20(9-26-10-20)31-7-6-30(16)19(14)29-12(2)28-18/h3-5,8,11,26H,6-7,9-10H2,1-2H3,(H,27,28,29)/t11-/m1/s1. The minimum absolute atomic E-state index is 0.0776. The van der Waals surface area contributed by atoms with Gasteiger partial charge in [-0.15, -0.1) is 0 Å². The number of rotatable bonds is 3. The van der Waals surface area contributed by atoms with Crippen molar-refractivity contribution in [3.8, 4) is 0 Å². The molecule has 2 aliphatic heterocycles. The monoisotopic (exact) mass is 435 g/mol. The zero-order valence-electron chi connectivity index (χ0n) is 17.0. The minimum Gasteiger partial charge on any atom is -0.364 e. The molecule has 31 heavy (non-hydrogen) atoms. The number of benzene rings is 1. The normalized spacial score (nSPS) is 18.6. The molecule has 1 fully saturated rings. The summed E-state index contributed by atoms with van der Waals surface area (Å²) in [5.41, 5.74) is -0.0301. The number of aromatic nitrogens is 3. The van der Waals surface area contributed by atoms with E-state index >= 15 is 0 Å². The Hall–Kier alpha value is -2.72. The van der Waals surface area contributed by atoms with Gasteiger partial charge < -0.3 is 19.9 Å². The average molecular weight is 435 g/mol. The molecule has 4 heterocycles. The highest BCUT2D eigenvalue weighted by Gasteiger charge is 2.45. The second kappa shape index (κ2) is 6.89. The second-order valence-corrected chi connectivity index (χ2v) is 8.06. The summed E-state index contributed by atoms with van der Waals surface area (Å²) in [5.74, 6) is -0.308. The number of fused-ring (bicyclic) bond motifs is 4. The van der Waals surface area contributed by atoms with E-state index in [1.807, 2.05) is 6.07 Å². The Bertz CT molecular complexity index is 1170. The van der Waals surface area contributed by atoms with Gasteiger partial charge in [0.2, 0.25) is 0 Å². The quantitative estimate of drug-likeness (QED) is 0.611. The summed E-state index contributed by atoms with van der Waals surface area (Å²) in [5, 5.41) is 7.08. The van der Waals surface area contributed by atoms with E-state index in [2.05, 4.69) is 25.2 Å². The predicted molar refractivity (Wildman–Crippen MR) is 106 cm³/mol. The summed E-state index contributed by atoms with van der Waals surface area (Å²) in [4.78, 5) is 9.06. The van der Waals surface area contributed by atoms with Crippen LogP contribution in [0, 0.1) is 12.7 Å². The van der Waals surface area contributed by atoms with Crippen LogP contribution >= 0.6 is 0 Å². The smallest absolute Gasteiger partial charge is 0.364 e. The number of halogens is 4. The number of aryl methyl sites for hydroxylation is 1. The molecule has 0 aliphatic carbocycles. The van der Waals surface area contributed by atoms with Crippen molar-refractivity contribution < 1.29 is 22.3 Å². The molecule has 1 aromatic carbocycles. The lowest BCUT2D eigenvalue weighted by molar-refractivity contribution is -0.140. The first-order chi connectivity index (χ1) is 14.7. The van der Waals surface area contributed by atoms with Gasteiger partial charge in [-0.2, -0.15) is 13.2 Å². The van der Waals surface area contributed by atoms with Crippen LogP contribution in [0.4, 0.5) is 23.4 Å². The Kier molecular flexibility index (Phi) is 4.49. The van der Waals surface area contributed by atoms with Gasteiger partial charge >= 0.3 is 6.18 Å². The fourth-order valence-corrected chi connectivity index (χ4v) is 4.38. The average Bonchev–Trinajstić information content (AvgIpc) is 3.05.